The largest absolute Gasteiger partial charge is 0.504 e. The maximum Gasteiger partial charge on any atom is 0.258 e. The van der Waals surface area contributed by atoms with Crippen LogP contribution in [0.5, 0.6) is 11.5 Å². The monoisotopic (exact) mass is 268 g/mol. The van der Waals surface area contributed by atoms with Crippen LogP contribution in [0.3, 0.4) is 0 Å². The van der Waals surface area contributed by atoms with Crippen molar-refractivity contribution in [2.45, 2.75) is 6.92 Å². The Bertz CT molecular complexity index is 765. The number of hydrogen-bond donors (Lipinski definition) is 2. The molecule has 0 aliphatic carbocycles. The Morgan fingerprint density at radius 2 is 1.80 bits per heavy atom. The zero-order valence-electron chi connectivity index (χ0n) is 10.7. The van der Waals surface area contributed by atoms with Crippen molar-refractivity contribution in [1.29, 1.82) is 0 Å². The van der Waals surface area contributed by atoms with Crippen LogP contribution in [0.2, 0.25) is 0 Å². The van der Waals surface area contributed by atoms with E-state index in [4.69, 9.17) is 4.52 Å². The molecule has 0 fully saturated rings. The maximum atomic E-state index is 9.48. The molecule has 3 rings (SSSR count). The summed E-state index contributed by atoms with van der Waals surface area (Å²) in [5, 5.41) is 22.7. The van der Waals surface area contributed by atoms with E-state index in [1.807, 2.05) is 31.2 Å². The Morgan fingerprint density at radius 3 is 2.55 bits per heavy atom. The molecule has 5 nitrogen and oxygen atoms in total. The van der Waals surface area contributed by atoms with Gasteiger partial charge in [0, 0.05) is 11.1 Å². The fraction of sp³-hybridized carbons (Fsp3) is 0.0667. The van der Waals surface area contributed by atoms with Crippen LogP contribution in [-0.2, 0) is 0 Å². The lowest BCUT2D eigenvalue weighted by molar-refractivity contribution is 0.402. The average molecular weight is 268 g/mol. The summed E-state index contributed by atoms with van der Waals surface area (Å²) in [6.45, 7) is 1.99. The molecule has 0 bridgehead atoms. The number of phenolic OH excluding ortho intramolecular Hbond substituents is 2. The highest BCUT2D eigenvalue weighted by molar-refractivity contribution is 5.62. The van der Waals surface area contributed by atoms with E-state index in [0.29, 0.717) is 11.4 Å². The topological polar surface area (TPSA) is 79.4 Å². The molecule has 20 heavy (non-hydrogen) atoms. The van der Waals surface area contributed by atoms with Crippen molar-refractivity contribution in [3.63, 3.8) is 0 Å². The van der Waals surface area contributed by atoms with Crippen LogP contribution >= 0.6 is 0 Å². The van der Waals surface area contributed by atoms with Gasteiger partial charge in [-0.15, -0.1) is 0 Å². The second-order valence-corrected chi connectivity index (χ2v) is 4.50. The molecular weight excluding hydrogens is 256 g/mol. The van der Waals surface area contributed by atoms with Gasteiger partial charge in [0.05, 0.1) is 0 Å². The summed E-state index contributed by atoms with van der Waals surface area (Å²) in [5.41, 5.74) is 2.52. The highest BCUT2D eigenvalue weighted by Gasteiger charge is 2.12. The Balaban J connectivity index is 1.99. The zero-order chi connectivity index (χ0) is 14.1. The first-order chi connectivity index (χ1) is 9.63. The molecule has 0 unspecified atom stereocenters. The van der Waals surface area contributed by atoms with E-state index < -0.39 is 0 Å². The normalized spacial score (nSPS) is 10.7. The Labute approximate surface area is 115 Å². The number of nitrogens with zero attached hydrogens (tertiary/aromatic N) is 2. The number of phenols is 2. The first-order valence-electron chi connectivity index (χ1n) is 6.06. The minimum Gasteiger partial charge on any atom is -0.504 e. The lowest BCUT2D eigenvalue weighted by Gasteiger charge is -1.98. The molecule has 0 spiro atoms. The Hall–Kier alpha value is -2.82. The molecule has 3 aromatic rings. The number of aryl methyl sites for hydroxylation is 1. The first-order valence-corrected chi connectivity index (χ1v) is 6.06. The number of aromatic nitrogens is 2. The molecule has 2 N–H and O–H groups in total. The molecule has 0 radical (unpaired) electrons. The Kier molecular flexibility index (Phi) is 2.87. The van der Waals surface area contributed by atoms with Gasteiger partial charge in [0.1, 0.15) is 0 Å². The molecule has 0 atom stereocenters. The summed E-state index contributed by atoms with van der Waals surface area (Å²) in [6.07, 6.45) is 0. The van der Waals surface area contributed by atoms with E-state index in [9.17, 15) is 10.2 Å². The molecule has 100 valence electrons. The molecule has 0 saturated carbocycles. The van der Waals surface area contributed by atoms with E-state index in [-0.39, 0.29) is 17.4 Å². The third-order valence-electron chi connectivity index (χ3n) is 2.92. The van der Waals surface area contributed by atoms with Crippen molar-refractivity contribution in [2.75, 3.05) is 0 Å². The van der Waals surface area contributed by atoms with Gasteiger partial charge in [0.15, 0.2) is 11.5 Å². The molecule has 0 saturated heterocycles. The summed E-state index contributed by atoms with van der Waals surface area (Å²) in [4.78, 5) is 4.29. The van der Waals surface area contributed by atoms with Crippen molar-refractivity contribution in [1.82, 2.24) is 10.1 Å². The minimum atomic E-state index is -0.224. The van der Waals surface area contributed by atoms with Gasteiger partial charge in [-0.3, -0.25) is 0 Å². The fourth-order valence-electron chi connectivity index (χ4n) is 1.90. The molecule has 5 heteroatoms. The summed E-state index contributed by atoms with van der Waals surface area (Å²) >= 11 is 0. The second-order valence-electron chi connectivity index (χ2n) is 4.50. The van der Waals surface area contributed by atoms with Crippen LogP contribution in [-0.4, -0.2) is 20.4 Å². The average Bonchev–Trinajstić information content (AvgIpc) is 2.92. The predicted molar refractivity (Wildman–Crippen MR) is 73.2 cm³/mol. The summed E-state index contributed by atoms with van der Waals surface area (Å²) in [7, 11) is 0. The fourth-order valence-corrected chi connectivity index (χ4v) is 1.90. The zero-order valence-corrected chi connectivity index (χ0v) is 10.7. The number of hydrogen-bond acceptors (Lipinski definition) is 5. The van der Waals surface area contributed by atoms with Gasteiger partial charge < -0.3 is 14.7 Å². The van der Waals surface area contributed by atoms with Crippen molar-refractivity contribution in [3.8, 4) is 34.3 Å². The molecule has 1 aromatic heterocycles. The van der Waals surface area contributed by atoms with Gasteiger partial charge >= 0.3 is 0 Å². The SMILES string of the molecule is Cc1cccc(-c2noc(-c3ccc(O)c(O)c3)n2)c1. The van der Waals surface area contributed by atoms with Crippen molar-refractivity contribution in [3.05, 3.63) is 48.0 Å². The van der Waals surface area contributed by atoms with Gasteiger partial charge in [-0.25, -0.2) is 0 Å². The lowest BCUT2D eigenvalue weighted by Crippen LogP contribution is -1.82. The number of rotatable bonds is 2. The third-order valence-corrected chi connectivity index (χ3v) is 2.92. The number of benzene rings is 2. The Morgan fingerprint density at radius 1 is 0.950 bits per heavy atom. The van der Waals surface area contributed by atoms with Crippen LogP contribution < -0.4 is 0 Å². The standard InChI is InChI=1S/C15H12N2O3/c1-9-3-2-4-10(7-9)14-16-15(20-17-14)11-5-6-12(18)13(19)8-11/h2-8,18-19H,1H3. The predicted octanol–water partition coefficient (Wildman–Crippen LogP) is 3.12. The van der Waals surface area contributed by atoms with E-state index in [1.54, 1.807) is 6.07 Å². The maximum absolute atomic E-state index is 9.48. The first kappa shape index (κ1) is 12.2. The second kappa shape index (κ2) is 4.70. The van der Waals surface area contributed by atoms with Gasteiger partial charge in [0.2, 0.25) is 5.82 Å². The highest BCUT2D eigenvalue weighted by Crippen LogP contribution is 2.30. The summed E-state index contributed by atoms with van der Waals surface area (Å²) < 4.78 is 5.19. The number of aromatic hydroxyl groups is 2. The van der Waals surface area contributed by atoms with E-state index in [1.165, 1.54) is 12.1 Å². The molecular formula is C15H12N2O3. The van der Waals surface area contributed by atoms with Crippen LogP contribution in [0.1, 0.15) is 5.56 Å². The summed E-state index contributed by atoms with van der Waals surface area (Å²) in [6, 6.07) is 12.1. The molecule has 1 heterocycles. The summed E-state index contributed by atoms with van der Waals surface area (Å²) in [5.74, 6) is 0.359. The van der Waals surface area contributed by atoms with Crippen LogP contribution in [0.25, 0.3) is 22.8 Å². The quantitative estimate of drug-likeness (QED) is 0.698. The molecule has 2 aromatic carbocycles. The third kappa shape index (κ3) is 2.21. The molecule has 0 amide bonds. The molecule has 0 aliphatic heterocycles. The van der Waals surface area contributed by atoms with Crippen LogP contribution in [0.4, 0.5) is 0 Å². The lowest BCUT2D eigenvalue weighted by atomic mass is 10.1. The van der Waals surface area contributed by atoms with Gasteiger partial charge in [0.25, 0.3) is 5.89 Å². The minimum absolute atomic E-state index is 0.188. The van der Waals surface area contributed by atoms with Gasteiger partial charge in [-0.2, -0.15) is 4.98 Å². The highest BCUT2D eigenvalue weighted by atomic mass is 16.5. The van der Waals surface area contributed by atoms with Gasteiger partial charge in [-0.1, -0.05) is 28.9 Å². The molecule has 0 aliphatic rings. The van der Waals surface area contributed by atoms with Crippen LogP contribution in [0.15, 0.2) is 47.0 Å². The van der Waals surface area contributed by atoms with Crippen molar-refractivity contribution in [2.24, 2.45) is 0 Å². The van der Waals surface area contributed by atoms with E-state index >= 15 is 0 Å². The smallest absolute Gasteiger partial charge is 0.258 e. The van der Waals surface area contributed by atoms with Crippen molar-refractivity contribution >= 4 is 0 Å². The van der Waals surface area contributed by atoms with Crippen molar-refractivity contribution < 1.29 is 14.7 Å². The van der Waals surface area contributed by atoms with E-state index in [0.717, 1.165) is 11.1 Å². The van der Waals surface area contributed by atoms with E-state index in [2.05, 4.69) is 10.1 Å². The van der Waals surface area contributed by atoms with Gasteiger partial charge in [-0.05, 0) is 31.2 Å². The van der Waals surface area contributed by atoms with Crippen LogP contribution in [0, 0.1) is 6.92 Å².